The number of carboxylic acid groups (broad SMARTS) is 1. The zero-order chi connectivity index (χ0) is 10.6. The summed E-state index contributed by atoms with van der Waals surface area (Å²) in [4.78, 5) is 10.4. The van der Waals surface area contributed by atoms with Crippen molar-refractivity contribution >= 4 is 5.97 Å². The number of rotatable bonds is 7. The minimum Gasteiger partial charge on any atom is -0.481 e. The van der Waals surface area contributed by atoms with Gasteiger partial charge in [-0.15, -0.1) is 0 Å². The highest BCUT2D eigenvalue weighted by Crippen LogP contribution is 2.48. The molecule has 0 amide bonds. The standard InChI is InChI=1S/C11H21NO2/c1-3-4-11(5-6-11)8-12-9(2)7-10(13)14/h9,12H,3-8H2,1-2H3,(H,13,14). The van der Waals surface area contributed by atoms with E-state index in [1.165, 1.54) is 25.7 Å². The van der Waals surface area contributed by atoms with E-state index in [0.29, 0.717) is 5.41 Å². The minimum absolute atomic E-state index is 0.0989. The van der Waals surface area contributed by atoms with Crippen molar-refractivity contribution in [2.24, 2.45) is 5.41 Å². The third-order valence-corrected chi connectivity index (χ3v) is 3.04. The van der Waals surface area contributed by atoms with Crippen LogP contribution in [0.3, 0.4) is 0 Å². The summed E-state index contributed by atoms with van der Waals surface area (Å²) >= 11 is 0. The topological polar surface area (TPSA) is 49.3 Å². The Kier molecular flexibility index (Phi) is 3.93. The number of carbonyl (C=O) groups is 1. The molecule has 2 N–H and O–H groups in total. The zero-order valence-electron chi connectivity index (χ0n) is 9.18. The Morgan fingerprint density at radius 3 is 2.64 bits per heavy atom. The van der Waals surface area contributed by atoms with E-state index in [9.17, 15) is 4.79 Å². The van der Waals surface area contributed by atoms with Gasteiger partial charge in [0.05, 0.1) is 6.42 Å². The average Bonchev–Trinajstić information content (AvgIpc) is 2.82. The fourth-order valence-corrected chi connectivity index (χ4v) is 1.95. The van der Waals surface area contributed by atoms with Crippen LogP contribution in [0, 0.1) is 5.41 Å². The van der Waals surface area contributed by atoms with Crippen LogP contribution in [0.25, 0.3) is 0 Å². The predicted octanol–water partition coefficient (Wildman–Crippen LogP) is 2.02. The molecule has 1 rings (SSSR count). The Balaban J connectivity index is 2.16. The zero-order valence-corrected chi connectivity index (χ0v) is 9.18. The van der Waals surface area contributed by atoms with Gasteiger partial charge in [0, 0.05) is 12.6 Å². The Labute approximate surface area is 85.9 Å². The number of hydrogen-bond acceptors (Lipinski definition) is 2. The van der Waals surface area contributed by atoms with Crippen LogP contribution in [-0.2, 0) is 4.79 Å². The van der Waals surface area contributed by atoms with Gasteiger partial charge in [0.15, 0.2) is 0 Å². The van der Waals surface area contributed by atoms with Crippen molar-refractivity contribution in [2.45, 2.75) is 52.0 Å². The Bertz CT molecular complexity index is 199. The molecule has 0 aromatic carbocycles. The summed E-state index contributed by atoms with van der Waals surface area (Å²) in [5, 5.41) is 11.9. The van der Waals surface area contributed by atoms with Gasteiger partial charge >= 0.3 is 5.97 Å². The fourth-order valence-electron chi connectivity index (χ4n) is 1.95. The van der Waals surface area contributed by atoms with Crippen molar-refractivity contribution in [3.63, 3.8) is 0 Å². The van der Waals surface area contributed by atoms with Gasteiger partial charge < -0.3 is 10.4 Å². The van der Waals surface area contributed by atoms with Gasteiger partial charge in [-0.25, -0.2) is 0 Å². The van der Waals surface area contributed by atoms with Crippen LogP contribution in [0.1, 0.15) is 46.0 Å². The monoisotopic (exact) mass is 199 g/mol. The van der Waals surface area contributed by atoms with Crippen LogP contribution in [0.15, 0.2) is 0 Å². The number of nitrogens with one attached hydrogen (secondary N) is 1. The summed E-state index contributed by atoms with van der Waals surface area (Å²) < 4.78 is 0. The molecule has 1 aliphatic rings. The van der Waals surface area contributed by atoms with Crippen LogP contribution in [-0.4, -0.2) is 23.7 Å². The molecular formula is C11H21NO2. The van der Waals surface area contributed by atoms with Crippen molar-refractivity contribution in [2.75, 3.05) is 6.54 Å². The fraction of sp³-hybridized carbons (Fsp3) is 0.909. The van der Waals surface area contributed by atoms with E-state index in [-0.39, 0.29) is 12.5 Å². The Morgan fingerprint density at radius 2 is 2.21 bits per heavy atom. The maximum absolute atomic E-state index is 10.4. The van der Waals surface area contributed by atoms with Gasteiger partial charge in [0.25, 0.3) is 0 Å². The summed E-state index contributed by atoms with van der Waals surface area (Å²) in [6.07, 6.45) is 5.36. The number of aliphatic carboxylic acids is 1. The molecule has 1 fully saturated rings. The summed E-state index contributed by atoms with van der Waals surface area (Å²) in [6.45, 7) is 5.15. The first kappa shape index (κ1) is 11.5. The molecule has 0 radical (unpaired) electrons. The smallest absolute Gasteiger partial charge is 0.304 e. The van der Waals surface area contributed by atoms with Crippen molar-refractivity contribution in [1.82, 2.24) is 5.32 Å². The predicted molar refractivity (Wildman–Crippen MR) is 56.3 cm³/mol. The van der Waals surface area contributed by atoms with Gasteiger partial charge in [-0.2, -0.15) is 0 Å². The van der Waals surface area contributed by atoms with Crippen LogP contribution >= 0.6 is 0 Å². The van der Waals surface area contributed by atoms with E-state index in [1.807, 2.05) is 6.92 Å². The molecular weight excluding hydrogens is 178 g/mol. The minimum atomic E-state index is -0.717. The van der Waals surface area contributed by atoms with Crippen LogP contribution < -0.4 is 5.32 Å². The second-order valence-corrected chi connectivity index (χ2v) is 4.63. The lowest BCUT2D eigenvalue weighted by Crippen LogP contribution is -2.33. The summed E-state index contributed by atoms with van der Waals surface area (Å²) in [7, 11) is 0. The van der Waals surface area contributed by atoms with Crippen LogP contribution in [0.2, 0.25) is 0 Å². The maximum atomic E-state index is 10.4. The highest BCUT2D eigenvalue weighted by atomic mass is 16.4. The highest BCUT2D eigenvalue weighted by molar-refractivity contribution is 5.67. The lowest BCUT2D eigenvalue weighted by atomic mass is 10.0. The molecule has 0 heterocycles. The quantitative estimate of drug-likeness (QED) is 0.659. The van der Waals surface area contributed by atoms with E-state index >= 15 is 0 Å². The van der Waals surface area contributed by atoms with Crippen molar-refractivity contribution < 1.29 is 9.90 Å². The number of hydrogen-bond donors (Lipinski definition) is 2. The third kappa shape index (κ3) is 3.66. The largest absolute Gasteiger partial charge is 0.481 e. The molecule has 0 spiro atoms. The van der Waals surface area contributed by atoms with E-state index in [0.717, 1.165) is 6.54 Å². The van der Waals surface area contributed by atoms with E-state index in [4.69, 9.17) is 5.11 Å². The molecule has 0 saturated heterocycles. The second kappa shape index (κ2) is 4.78. The SMILES string of the molecule is CCCC1(CNC(C)CC(=O)O)CC1. The molecule has 1 atom stereocenters. The summed E-state index contributed by atoms with van der Waals surface area (Å²) in [5.41, 5.74) is 0.515. The lowest BCUT2D eigenvalue weighted by molar-refractivity contribution is -0.137. The van der Waals surface area contributed by atoms with Gasteiger partial charge in [-0.3, -0.25) is 4.79 Å². The molecule has 0 bridgehead atoms. The van der Waals surface area contributed by atoms with Crippen LogP contribution in [0.4, 0.5) is 0 Å². The van der Waals surface area contributed by atoms with Gasteiger partial charge in [-0.05, 0) is 31.6 Å². The molecule has 3 heteroatoms. The third-order valence-electron chi connectivity index (χ3n) is 3.04. The van der Waals surface area contributed by atoms with Crippen molar-refractivity contribution in [1.29, 1.82) is 0 Å². The van der Waals surface area contributed by atoms with Crippen molar-refractivity contribution in [3.8, 4) is 0 Å². The first-order valence-electron chi connectivity index (χ1n) is 5.53. The molecule has 3 nitrogen and oxygen atoms in total. The molecule has 82 valence electrons. The second-order valence-electron chi connectivity index (χ2n) is 4.63. The molecule has 1 aliphatic carbocycles. The normalized spacial score (nSPS) is 20.4. The van der Waals surface area contributed by atoms with Gasteiger partial charge in [-0.1, -0.05) is 13.3 Å². The first-order chi connectivity index (χ1) is 6.58. The van der Waals surface area contributed by atoms with Crippen molar-refractivity contribution in [3.05, 3.63) is 0 Å². The first-order valence-corrected chi connectivity index (χ1v) is 5.53. The Hall–Kier alpha value is -0.570. The van der Waals surface area contributed by atoms with Crippen LogP contribution in [0.5, 0.6) is 0 Å². The summed E-state index contributed by atoms with van der Waals surface area (Å²) in [5.74, 6) is -0.717. The highest BCUT2D eigenvalue weighted by Gasteiger charge is 2.41. The Morgan fingerprint density at radius 1 is 1.57 bits per heavy atom. The lowest BCUT2D eigenvalue weighted by Gasteiger charge is -2.18. The van der Waals surface area contributed by atoms with Gasteiger partial charge in [0.1, 0.15) is 0 Å². The molecule has 0 aromatic heterocycles. The van der Waals surface area contributed by atoms with E-state index in [2.05, 4.69) is 12.2 Å². The molecule has 0 aromatic rings. The summed E-state index contributed by atoms with van der Waals surface area (Å²) in [6, 6.07) is 0.0989. The maximum Gasteiger partial charge on any atom is 0.304 e. The molecule has 14 heavy (non-hydrogen) atoms. The van der Waals surface area contributed by atoms with Gasteiger partial charge in [0.2, 0.25) is 0 Å². The van der Waals surface area contributed by atoms with E-state index in [1.54, 1.807) is 0 Å². The average molecular weight is 199 g/mol. The molecule has 0 aliphatic heterocycles. The molecule has 1 unspecified atom stereocenters. The number of carboxylic acids is 1. The van der Waals surface area contributed by atoms with E-state index < -0.39 is 5.97 Å². The molecule has 1 saturated carbocycles.